The van der Waals surface area contributed by atoms with Crippen LogP contribution in [0.4, 0.5) is 11.4 Å². The van der Waals surface area contributed by atoms with E-state index >= 15 is 0 Å². The van der Waals surface area contributed by atoms with Gasteiger partial charge >= 0.3 is 0 Å². The predicted octanol–water partition coefficient (Wildman–Crippen LogP) is 2.38. The van der Waals surface area contributed by atoms with Crippen molar-refractivity contribution >= 4 is 23.2 Å². The molecule has 0 aliphatic heterocycles. The van der Waals surface area contributed by atoms with E-state index in [9.17, 15) is 9.59 Å². The highest BCUT2D eigenvalue weighted by atomic mass is 16.2. The van der Waals surface area contributed by atoms with E-state index in [0.717, 1.165) is 0 Å². The third kappa shape index (κ3) is 6.09. The number of anilines is 2. The summed E-state index contributed by atoms with van der Waals surface area (Å²) >= 11 is 0. The van der Waals surface area contributed by atoms with Crippen molar-refractivity contribution in [3.8, 4) is 6.07 Å². The Bertz CT molecular complexity index is 619. The summed E-state index contributed by atoms with van der Waals surface area (Å²) in [6, 6.07) is 8.77. The molecule has 2 amide bonds. The first-order valence-electron chi connectivity index (χ1n) is 6.78. The van der Waals surface area contributed by atoms with Crippen LogP contribution in [0.1, 0.15) is 27.7 Å². The third-order valence-corrected chi connectivity index (χ3v) is 2.44. The number of nitriles is 1. The minimum absolute atomic E-state index is 0.0131. The van der Waals surface area contributed by atoms with Crippen LogP contribution in [0.5, 0.6) is 0 Å². The Morgan fingerprint density at radius 2 is 1.68 bits per heavy atom. The zero-order valence-electron chi connectivity index (χ0n) is 13.2. The number of carbonyl (C=O) groups excluding carboxylic acids is 2. The Kier molecular flexibility index (Phi) is 5.70. The molecule has 0 bridgehead atoms. The van der Waals surface area contributed by atoms with Gasteiger partial charge in [0.15, 0.2) is 0 Å². The largest absolute Gasteiger partial charge is 0.360 e. The van der Waals surface area contributed by atoms with Gasteiger partial charge in [0.1, 0.15) is 11.6 Å². The van der Waals surface area contributed by atoms with Gasteiger partial charge in [-0.2, -0.15) is 5.26 Å². The summed E-state index contributed by atoms with van der Waals surface area (Å²) in [6.07, 6.45) is 1.36. The number of benzene rings is 1. The first-order chi connectivity index (χ1) is 10.2. The summed E-state index contributed by atoms with van der Waals surface area (Å²) < 4.78 is 0. The highest BCUT2D eigenvalue weighted by molar-refractivity contribution is 5.98. The quantitative estimate of drug-likeness (QED) is 0.588. The Morgan fingerprint density at radius 3 is 2.14 bits per heavy atom. The van der Waals surface area contributed by atoms with Crippen molar-refractivity contribution in [3.05, 3.63) is 36.0 Å². The lowest BCUT2D eigenvalue weighted by atomic mass is 10.1. The second-order valence-electron chi connectivity index (χ2n) is 5.78. The van der Waals surface area contributed by atoms with E-state index in [1.807, 2.05) is 26.8 Å². The molecule has 6 heteroatoms. The normalized spacial score (nSPS) is 11.3. The Hall–Kier alpha value is -2.81. The first kappa shape index (κ1) is 17.2. The molecular formula is C16H20N4O2. The SMILES string of the molecule is CC(=O)Nc1ccc(N/C=C(/C#N)C(=O)NC(C)(C)C)cc1. The molecule has 116 valence electrons. The maximum Gasteiger partial charge on any atom is 0.263 e. The van der Waals surface area contributed by atoms with Crippen LogP contribution in [0.15, 0.2) is 36.0 Å². The Balaban J connectivity index is 2.74. The molecule has 1 aromatic carbocycles. The first-order valence-corrected chi connectivity index (χ1v) is 6.78. The van der Waals surface area contributed by atoms with Gasteiger partial charge < -0.3 is 16.0 Å². The average Bonchev–Trinajstić information content (AvgIpc) is 2.38. The topological polar surface area (TPSA) is 94.0 Å². The molecule has 0 saturated heterocycles. The van der Waals surface area contributed by atoms with Crippen LogP contribution in [0.25, 0.3) is 0 Å². The van der Waals surface area contributed by atoms with Crippen molar-refractivity contribution in [1.29, 1.82) is 5.26 Å². The van der Waals surface area contributed by atoms with E-state index in [4.69, 9.17) is 5.26 Å². The number of hydrogen-bond acceptors (Lipinski definition) is 4. The minimum Gasteiger partial charge on any atom is -0.360 e. The van der Waals surface area contributed by atoms with Gasteiger partial charge in [0.25, 0.3) is 5.91 Å². The van der Waals surface area contributed by atoms with Gasteiger partial charge in [0, 0.05) is 30.0 Å². The van der Waals surface area contributed by atoms with Crippen molar-refractivity contribution in [1.82, 2.24) is 5.32 Å². The van der Waals surface area contributed by atoms with Gasteiger partial charge in [0.05, 0.1) is 0 Å². The van der Waals surface area contributed by atoms with E-state index in [2.05, 4.69) is 16.0 Å². The zero-order valence-corrected chi connectivity index (χ0v) is 13.2. The smallest absolute Gasteiger partial charge is 0.263 e. The molecule has 22 heavy (non-hydrogen) atoms. The van der Waals surface area contributed by atoms with E-state index in [1.54, 1.807) is 24.3 Å². The lowest BCUT2D eigenvalue weighted by molar-refractivity contribution is -0.118. The monoisotopic (exact) mass is 300 g/mol. The molecule has 0 aliphatic carbocycles. The van der Waals surface area contributed by atoms with Crippen LogP contribution in [0, 0.1) is 11.3 Å². The molecule has 0 heterocycles. The fourth-order valence-electron chi connectivity index (χ4n) is 1.57. The van der Waals surface area contributed by atoms with Crippen LogP contribution < -0.4 is 16.0 Å². The summed E-state index contributed by atoms with van der Waals surface area (Å²) in [5.74, 6) is -0.580. The number of hydrogen-bond donors (Lipinski definition) is 3. The second-order valence-corrected chi connectivity index (χ2v) is 5.78. The van der Waals surface area contributed by atoms with Gasteiger partial charge in [-0.15, -0.1) is 0 Å². The molecule has 0 saturated carbocycles. The molecule has 0 aliphatic rings. The summed E-state index contributed by atoms with van der Waals surface area (Å²) in [6.45, 7) is 6.96. The molecule has 3 N–H and O–H groups in total. The zero-order chi connectivity index (χ0) is 16.8. The molecule has 0 atom stereocenters. The van der Waals surface area contributed by atoms with E-state index in [1.165, 1.54) is 13.1 Å². The summed E-state index contributed by atoms with van der Waals surface area (Å²) in [7, 11) is 0. The third-order valence-electron chi connectivity index (χ3n) is 2.44. The predicted molar refractivity (Wildman–Crippen MR) is 86.0 cm³/mol. The van der Waals surface area contributed by atoms with E-state index in [0.29, 0.717) is 11.4 Å². The molecule has 6 nitrogen and oxygen atoms in total. The van der Waals surface area contributed by atoms with Gasteiger partial charge in [-0.1, -0.05) is 0 Å². The van der Waals surface area contributed by atoms with Crippen molar-refractivity contribution in [2.75, 3.05) is 10.6 Å². The van der Waals surface area contributed by atoms with Gasteiger partial charge in [-0.25, -0.2) is 0 Å². The molecular weight excluding hydrogens is 280 g/mol. The van der Waals surface area contributed by atoms with E-state index in [-0.39, 0.29) is 11.5 Å². The summed E-state index contributed by atoms with van der Waals surface area (Å²) in [5, 5.41) is 17.3. The highest BCUT2D eigenvalue weighted by Gasteiger charge is 2.16. The van der Waals surface area contributed by atoms with Crippen molar-refractivity contribution in [3.63, 3.8) is 0 Å². The van der Waals surface area contributed by atoms with Crippen LogP contribution >= 0.6 is 0 Å². The van der Waals surface area contributed by atoms with Crippen molar-refractivity contribution in [2.24, 2.45) is 0 Å². The van der Waals surface area contributed by atoms with Crippen LogP contribution in [-0.2, 0) is 9.59 Å². The lowest BCUT2D eigenvalue weighted by Crippen LogP contribution is -2.41. The average molecular weight is 300 g/mol. The van der Waals surface area contributed by atoms with Crippen molar-refractivity contribution < 1.29 is 9.59 Å². The van der Waals surface area contributed by atoms with Crippen molar-refractivity contribution in [2.45, 2.75) is 33.2 Å². The Morgan fingerprint density at radius 1 is 1.14 bits per heavy atom. The van der Waals surface area contributed by atoms with Gasteiger partial charge in [-0.3, -0.25) is 9.59 Å². The maximum absolute atomic E-state index is 11.9. The molecule has 1 aromatic rings. The van der Waals surface area contributed by atoms with Gasteiger partial charge in [0.2, 0.25) is 5.91 Å². The molecule has 0 spiro atoms. The Labute approximate surface area is 130 Å². The maximum atomic E-state index is 11.9. The molecule has 1 rings (SSSR count). The number of rotatable bonds is 4. The number of carbonyl (C=O) groups is 2. The van der Waals surface area contributed by atoms with Gasteiger partial charge in [-0.05, 0) is 45.0 Å². The van der Waals surface area contributed by atoms with Crippen LogP contribution in [0.2, 0.25) is 0 Å². The fraction of sp³-hybridized carbons (Fsp3) is 0.312. The highest BCUT2D eigenvalue weighted by Crippen LogP contribution is 2.14. The lowest BCUT2D eigenvalue weighted by Gasteiger charge is -2.20. The molecule has 0 radical (unpaired) electrons. The summed E-state index contributed by atoms with van der Waals surface area (Å²) in [5.41, 5.74) is 0.951. The minimum atomic E-state index is -0.433. The molecule has 0 fully saturated rings. The van der Waals surface area contributed by atoms with E-state index < -0.39 is 11.4 Å². The molecule has 0 aromatic heterocycles. The van der Waals surface area contributed by atoms with Crippen LogP contribution in [0.3, 0.4) is 0 Å². The number of amides is 2. The number of nitrogens with zero attached hydrogens (tertiary/aromatic N) is 1. The second kappa shape index (κ2) is 7.27. The summed E-state index contributed by atoms with van der Waals surface area (Å²) in [4.78, 5) is 22.8. The van der Waals surface area contributed by atoms with Crippen LogP contribution in [-0.4, -0.2) is 17.4 Å². The number of nitrogens with one attached hydrogen (secondary N) is 3. The molecule has 0 unspecified atom stereocenters. The standard InChI is InChI=1S/C16H20N4O2/c1-11(21)19-14-7-5-13(6-8-14)18-10-12(9-17)15(22)20-16(2,3)4/h5-8,10,18H,1-4H3,(H,19,21)(H,20,22)/b12-10-. The fourth-order valence-corrected chi connectivity index (χ4v) is 1.57.